The molecule has 0 aliphatic heterocycles. The van der Waals surface area contributed by atoms with E-state index in [-0.39, 0.29) is 40.8 Å². The maximum absolute atomic E-state index is 13.3. The molecular weight excluding hydrogens is 444 g/mol. The van der Waals surface area contributed by atoms with Crippen LogP contribution in [-0.2, 0) is 23.9 Å². The summed E-state index contributed by atoms with van der Waals surface area (Å²) in [6, 6.07) is -0.569. The summed E-state index contributed by atoms with van der Waals surface area (Å²) in [7, 11) is 0. The molecule has 0 fully saturated rings. The van der Waals surface area contributed by atoms with E-state index in [9.17, 15) is 14.4 Å². The zero-order chi connectivity index (χ0) is 27.1. The van der Waals surface area contributed by atoms with Gasteiger partial charge in [0.2, 0.25) is 11.8 Å². The molecule has 0 bridgehead atoms. The lowest BCUT2D eigenvalue weighted by atomic mass is 9.82. The number of ether oxygens (including phenoxy) is 2. The van der Waals surface area contributed by atoms with Crippen molar-refractivity contribution in [1.29, 1.82) is 0 Å². The number of ketones is 1. The standard InChI is InChI=1S/C28H54N2O5/c1-10-16-34-18-19-35-17-15-29-26(33)22(11-13-27(4,5)6)20-24(31)23(12-14-28(7,8)9)30-25(32)21(2)3/h21-23H,10-20H2,1-9H3,(H,29,33)(H,30,32). The van der Waals surface area contributed by atoms with Gasteiger partial charge in [-0.3, -0.25) is 14.4 Å². The maximum Gasteiger partial charge on any atom is 0.223 e. The van der Waals surface area contributed by atoms with Gasteiger partial charge in [-0.2, -0.15) is 0 Å². The van der Waals surface area contributed by atoms with Crippen molar-refractivity contribution in [1.82, 2.24) is 10.6 Å². The number of nitrogens with one attached hydrogen (secondary N) is 2. The van der Waals surface area contributed by atoms with Crippen molar-refractivity contribution in [2.75, 3.05) is 33.0 Å². The molecule has 7 nitrogen and oxygen atoms in total. The van der Waals surface area contributed by atoms with Gasteiger partial charge < -0.3 is 20.1 Å². The smallest absolute Gasteiger partial charge is 0.223 e. The minimum absolute atomic E-state index is 0.0473. The summed E-state index contributed by atoms with van der Waals surface area (Å²) in [6.07, 6.45) is 3.93. The van der Waals surface area contributed by atoms with E-state index in [1.165, 1.54) is 0 Å². The summed E-state index contributed by atoms with van der Waals surface area (Å²) >= 11 is 0. The van der Waals surface area contributed by atoms with E-state index in [0.29, 0.717) is 39.2 Å². The Bertz CT molecular complexity index is 620. The molecule has 2 N–H and O–H groups in total. The molecule has 0 rings (SSSR count). The van der Waals surface area contributed by atoms with Crippen LogP contribution in [0.2, 0.25) is 0 Å². The van der Waals surface area contributed by atoms with Crippen LogP contribution in [0.4, 0.5) is 0 Å². The quantitative estimate of drug-likeness (QED) is 0.262. The SMILES string of the molecule is CCCOCCOCCNC(=O)C(CCC(C)(C)C)CC(=O)C(CCC(C)(C)C)NC(=O)C(C)C. The third-order valence-corrected chi connectivity index (χ3v) is 5.74. The van der Waals surface area contributed by atoms with E-state index in [0.717, 1.165) is 25.9 Å². The summed E-state index contributed by atoms with van der Waals surface area (Å²) in [6.45, 7) is 21.0. The number of Topliss-reactive ketones (excluding diaryl/α,β-unsaturated/α-hetero) is 1. The first-order valence-electron chi connectivity index (χ1n) is 13.4. The predicted molar refractivity (Wildman–Crippen MR) is 142 cm³/mol. The van der Waals surface area contributed by atoms with Gasteiger partial charge in [0.1, 0.15) is 0 Å². The highest BCUT2D eigenvalue weighted by Crippen LogP contribution is 2.27. The van der Waals surface area contributed by atoms with Crippen molar-refractivity contribution in [2.24, 2.45) is 22.7 Å². The third kappa shape index (κ3) is 18.5. The molecule has 0 radical (unpaired) electrons. The van der Waals surface area contributed by atoms with Crippen LogP contribution in [0.15, 0.2) is 0 Å². The Balaban J connectivity index is 5.09. The summed E-state index contributed by atoms with van der Waals surface area (Å²) in [5, 5.41) is 5.87. The molecule has 0 aromatic carbocycles. The predicted octanol–water partition coefficient (Wildman–Crippen LogP) is 4.91. The maximum atomic E-state index is 13.3. The average molecular weight is 499 g/mol. The van der Waals surface area contributed by atoms with E-state index in [1.807, 2.05) is 13.8 Å². The van der Waals surface area contributed by atoms with E-state index < -0.39 is 12.0 Å². The zero-order valence-corrected chi connectivity index (χ0v) is 24.1. The lowest BCUT2D eigenvalue weighted by Crippen LogP contribution is -2.45. The molecule has 35 heavy (non-hydrogen) atoms. The van der Waals surface area contributed by atoms with Gasteiger partial charge in [-0.05, 0) is 42.9 Å². The van der Waals surface area contributed by atoms with Crippen LogP contribution in [0.1, 0.15) is 101 Å². The molecule has 0 aromatic heterocycles. The van der Waals surface area contributed by atoms with E-state index in [2.05, 4.69) is 59.1 Å². The van der Waals surface area contributed by atoms with Gasteiger partial charge in [0, 0.05) is 31.4 Å². The van der Waals surface area contributed by atoms with E-state index >= 15 is 0 Å². The topological polar surface area (TPSA) is 93.7 Å². The minimum Gasteiger partial charge on any atom is -0.379 e. The second-order valence-electron chi connectivity index (χ2n) is 12.3. The second kappa shape index (κ2) is 17.1. The van der Waals surface area contributed by atoms with Gasteiger partial charge in [-0.25, -0.2) is 0 Å². The molecule has 0 aliphatic rings. The Morgan fingerprint density at radius 3 is 1.83 bits per heavy atom. The highest BCUT2D eigenvalue weighted by atomic mass is 16.5. The first-order valence-corrected chi connectivity index (χ1v) is 13.4. The van der Waals surface area contributed by atoms with Crippen LogP contribution >= 0.6 is 0 Å². The van der Waals surface area contributed by atoms with Crippen LogP contribution in [0.3, 0.4) is 0 Å². The lowest BCUT2D eigenvalue weighted by molar-refractivity contribution is -0.133. The van der Waals surface area contributed by atoms with Crippen LogP contribution in [0, 0.1) is 22.7 Å². The molecule has 0 spiro atoms. The van der Waals surface area contributed by atoms with Gasteiger partial charge in [0.15, 0.2) is 5.78 Å². The molecule has 0 saturated carbocycles. The highest BCUT2D eigenvalue weighted by Gasteiger charge is 2.29. The molecular formula is C28H54N2O5. The van der Waals surface area contributed by atoms with Gasteiger partial charge >= 0.3 is 0 Å². The summed E-state index contributed by atoms with van der Waals surface area (Å²) in [5.74, 6) is -0.956. The fourth-order valence-corrected chi connectivity index (χ4v) is 3.40. The van der Waals surface area contributed by atoms with Crippen molar-refractivity contribution in [3.63, 3.8) is 0 Å². The summed E-state index contributed by atoms with van der Waals surface area (Å²) < 4.78 is 10.9. The number of carbonyl (C=O) groups is 3. The monoisotopic (exact) mass is 498 g/mol. The molecule has 7 heteroatoms. The Morgan fingerprint density at radius 1 is 0.771 bits per heavy atom. The first kappa shape index (κ1) is 33.5. The van der Waals surface area contributed by atoms with Crippen molar-refractivity contribution >= 4 is 17.6 Å². The molecule has 0 saturated heterocycles. The fourth-order valence-electron chi connectivity index (χ4n) is 3.40. The number of hydrogen-bond acceptors (Lipinski definition) is 5. The largest absolute Gasteiger partial charge is 0.379 e. The van der Waals surface area contributed by atoms with Crippen LogP contribution in [-0.4, -0.2) is 56.6 Å². The highest BCUT2D eigenvalue weighted by molar-refractivity contribution is 5.92. The van der Waals surface area contributed by atoms with Crippen LogP contribution < -0.4 is 10.6 Å². The minimum atomic E-state index is -0.569. The van der Waals surface area contributed by atoms with Crippen molar-refractivity contribution in [2.45, 2.75) is 107 Å². The van der Waals surface area contributed by atoms with E-state index in [1.54, 1.807) is 0 Å². The van der Waals surface area contributed by atoms with Gasteiger partial charge in [-0.1, -0.05) is 62.3 Å². The Labute approximate surface area is 214 Å². The second-order valence-corrected chi connectivity index (χ2v) is 12.3. The molecule has 2 unspecified atom stereocenters. The van der Waals surface area contributed by atoms with Crippen molar-refractivity contribution < 1.29 is 23.9 Å². The lowest BCUT2D eigenvalue weighted by Gasteiger charge is -2.26. The van der Waals surface area contributed by atoms with Crippen LogP contribution in [0.25, 0.3) is 0 Å². The van der Waals surface area contributed by atoms with Crippen molar-refractivity contribution in [3.8, 4) is 0 Å². The van der Waals surface area contributed by atoms with Gasteiger partial charge in [0.25, 0.3) is 0 Å². The molecule has 0 aromatic rings. The zero-order valence-electron chi connectivity index (χ0n) is 24.1. The van der Waals surface area contributed by atoms with Crippen molar-refractivity contribution in [3.05, 3.63) is 0 Å². The van der Waals surface area contributed by atoms with E-state index in [4.69, 9.17) is 9.47 Å². The normalized spacial score (nSPS) is 14.0. The summed E-state index contributed by atoms with van der Waals surface area (Å²) in [5.41, 5.74) is 0.104. The summed E-state index contributed by atoms with van der Waals surface area (Å²) in [4.78, 5) is 38.7. The van der Waals surface area contributed by atoms with Gasteiger partial charge in [0.05, 0.1) is 25.9 Å². The third-order valence-electron chi connectivity index (χ3n) is 5.74. The molecule has 2 amide bonds. The van der Waals surface area contributed by atoms with Crippen LogP contribution in [0.5, 0.6) is 0 Å². The number of amides is 2. The molecule has 0 heterocycles. The first-order chi connectivity index (χ1) is 16.2. The molecule has 0 aliphatic carbocycles. The fraction of sp³-hybridized carbons (Fsp3) is 0.893. The number of carbonyl (C=O) groups excluding carboxylic acids is 3. The number of rotatable bonds is 18. The average Bonchev–Trinajstić information content (AvgIpc) is 2.73. The Kier molecular flexibility index (Phi) is 16.4. The van der Waals surface area contributed by atoms with Gasteiger partial charge in [-0.15, -0.1) is 0 Å². The number of hydrogen-bond donors (Lipinski definition) is 2. The molecule has 2 atom stereocenters. The Morgan fingerprint density at radius 2 is 1.31 bits per heavy atom. The Hall–Kier alpha value is -1.47. The molecule has 206 valence electrons.